The van der Waals surface area contributed by atoms with Crippen LogP contribution in [0.2, 0.25) is 0 Å². The number of amides is 2. The molecule has 3 aromatic rings. The maximum Gasteiger partial charge on any atom is 0.254 e. The Balaban J connectivity index is 1.34. The van der Waals surface area contributed by atoms with E-state index in [0.29, 0.717) is 18.2 Å². The molecule has 38 heavy (non-hydrogen) atoms. The van der Waals surface area contributed by atoms with Gasteiger partial charge in [-0.15, -0.1) is 11.3 Å². The lowest BCUT2D eigenvalue weighted by Crippen LogP contribution is -2.50. The van der Waals surface area contributed by atoms with Crippen LogP contribution in [0.1, 0.15) is 90.9 Å². The molecule has 5 rings (SSSR count). The summed E-state index contributed by atoms with van der Waals surface area (Å²) in [5, 5.41) is 5.31. The standard InChI is InChI=1S/C31H39N3O3S/c1-3-22(2)33(21-24-13-8-19-37-24)18-10-17-32-30(35)28-25-14-6-7-15-26(25)31(36)34(23-11-4-5-12-23)29(28)27-16-9-20-38-27/h6-9,13-16,19-20,22-23,28-29H,3-5,10-12,17-18,21H2,1-2H3,(H,32,35)/t22-,28-,29-/m0/s1. The molecule has 0 saturated heterocycles. The molecule has 2 aliphatic rings. The van der Waals surface area contributed by atoms with Crippen molar-refractivity contribution in [3.8, 4) is 0 Å². The van der Waals surface area contributed by atoms with E-state index in [2.05, 4.69) is 35.0 Å². The number of carbonyl (C=O) groups is 2. The van der Waals surface area contributed by atoms with Crippen LogP contribution in [0.25, 0.3) is 0 Å². The third kappa shape index (κ3) is 5.59. The van der Waals surface area contributed by atoms with Crippen LogP contribution in [0.15, 0.2) is 64.6 Å². The quantitative estimate of drug-likeness (QED) is 0.291. The molecular weight excluding hydrogens is 494 g/mol. The summed E-state index contributed by atoms with van der Waals surface area (Å²) in [4.78, 5) is 33.3. The maximum atomic E-state index is 14.0. The Labute approximate surface area is 230 Å². The number of rotatable bonds is 11. The van der Waals surface area contributed by atoms with Crippen LogP contribution >= 0.6 is 11.3 Å². The van der Waals surface area contributed by atoms with Gasteiger partial charge >= 0.3 is 0 Å². The van der Waals surface area contributed by atoms with Crippen LogP contribution < -0.4 is 5.32 Å². The summed E-state index contributed by atoms with van der Waals surface area (Å²) in [6.07, 6.45) is 7.90. The Morgan fingerprint density at radius 1 is 1.16 bits per heavy atom. The largest absolute Gasteiger partial charge is 0.468 e. The third-order valence-electron chi connectivity index (χ3n) is 8.29. The van der Waals surface area contributed by atoms with Gasteiger partial charge in [0.2, 0.25) is 5.91 Å². The topological polar surface area (TPSA) is 65.8 Å². The second-order valence-electron chi connectivity index (χ2n) is 10.6. The van der Waals surface area contributed by atoms with Gasteiger partial charge in [0.25, 0.3) is 5.91 Å². The number of hydrogen-bond donors (Lipinski definition) is 1. The van der Waals surface area contributed by atoms with Gasteiger partial charge in [0.1, 0.15) is 5.76 Å². The molecule has 1 N–H and O–H groups in total. The van der Waals surface area contributed by atoms with Crippen molar-refractivity contribution in [1.82, 2.24) is 15.1 Å². The fraction of sp³-hybridized carbons (Fsp3) is 0.484. The summed E-state index contributed by atoms with van der Waals surface area (Å²) in [7, 11) is 0. The van der Waals surface area contributed by atoms with E-state index >= 15 is 0 Å². The molecule has 3 atom stereocenters. The van der Waals surface area contributed by atoms with Crippen LogP contribution in [-0.2, 0) is 11.3 Å². The Morgan fingerprint density at radius 3 is 2.68 bits per heavy atom. The Hall–Kier alpha value is -2.90. The van der Waals surface area contributed by atoms with E-state index in [1.54, 1.807) is 17.6 Å². The molecule has 2 aromatic heterocycles. The van der Waals surface area contributed by atoms with Crippen LogP contribution in [0.3, 0.4) is 0 Å². The average Bonchev–Trinajstić information content (AvgIpc) is 3.74. The van der Waals surface area contributed by atoms with Crippen molar-refractivity contribution in [2.75, 3.05) is 13.1 Å². The third-order valence-corrected chi connectivity index (χ3v) is 9.23. The van der Waals surface area contributed by atoms with Gasteiger partial charge in [0, 0.05) is 35.6 Å². The highest BCUT2D eigenvalue weighted by atomic mass is 32.1. The molecule has 1 fully saturated rings. The van der Waals surface area contributed by atoms with Crippen molar-refractivity contribution in [2.45, 2.75) is 83.0 Å². The second-order valence-corrected chi connectivity index (χ2v) is 11.6. The molecule has 7 heteroatoms. The SMILES string of the molecule is CC[C@H](C)N(CCCNC(=O)[C@H]1c2ccccc2C(=O)N(C2CCCC2)[C@H]1c1cccs1)Cc1ccco1. The van der Waals surface area contributed by atoms with Crippen molar-refractivity contribution in [1.29, 1.82) is 0 Å². The minimum Gasteiger partial charge on any atom is -0.468 e. The lowest BCUT2D eigenvalue weighted by Gasteiger charge is -2.44. The summed E-state index contributed by atoms with van der Waals surface area (Å²) < 4.78 is 5.58. The zero-order valence-electron chi connectivity index (χ0n) is 22.5. The van der Waals surface area contributed by atoms with Crippen LogP contribution in [0.5, 0.6) is 0 Å². The minimum atomic E-state index is -0.420. The highest BCUT2D eigenvalue weighted by molar-refractivity contribution is 7.10. The molecule has 1 saturated carbocycles. The van der Waals surface area contributed by atoms with Crippen molar-refractivity contribution in [3.63, 3.8) is 0 Å². The number of fused-ring (bicyclic) bond motifs is 1. The molecule has 6 nitrogen and oxygen atoms in total. The minimum absolute atomic E-state index is 0.00692. The first kappa shape index (κ1) is 26.7. The van der Waals surface area contributed by atoms with Gasteiger partial charge in [-0.1, -0.05) is 44.0 Å². The summed E-state index contributed by atoms with van der Waals surface area (Å²) >= 11 is 1.64. The number of benzene rings is 1. The van der Waals surface area contributed by atoms with Crippen molar-refractivity contribution in [2.24, 2.45) is 0 Å². The summed E-state index contributed by atoms with van der Waals surface area (Å²) in [5.74, 6) is 0.616. The van der Waals surface area contributed by atoms with E-state index in [4.69, 9.17) is 4.42 Å². The molecule has 2 amide bonds. The normalized spacial score (nSPS) is 20.6. The average molecular weight is 534 g/mol. The van der Waals surface area contributed by atoms with Gasteiger partial charge < -0.3 is 14.6 Å². The monoisotopic (exact) mass is 533 g/mol. The van der Waals surface area contributed by atoms with E-state index in [-0.39, 0.29) is 23.9 Å². The molecule has 0 radical (unpaired) electrons. The maximum absolute atomic E-state index is 14.0. The van der Waals surface area contributed by atoms with Crippen molar-refractivity contribution in [3.05, 3.63) is 81.9 Å². The lowest BCUT2D eigenvalue weighted by atomic mass is 9.80. The molecule has 202 valence electrons. The van der Waals surface area contributed by atoms with Crippen LogP contribution in [0.4, 0.5) is 0 Å². The zero-order valence-corrected chi connectivity index (χ0v) is 23.3. The molecule has 0 bridgehead atoms. The van der Waals surface area contributed by atoms with Gasteiger partial charge in [-0.2, -0.15) is 0 Å². The highest BCUT2D eigenvalue weighted by Crippen LogP contribution is 2.47. The summed E-state index contributed by atoms with van der Waals surface area (Å²) in [5.41, 5.74) is 1.52. The van der Waals surface area contributed by atoms with Gasteiger partial charge in [-0.25, -0.2) is 0 Å². The molecule has 3 heterocycles. The Bertz CT molecular complexity index is 1190. The zero-order chi connectivity index (χ0) is 26.5. The van der Waals surface area contributed by atoms with Gasteiger partial charge in [0.15, 0.2) is 0 Å². The van der Waals surface area contributed by atoms with E-state index in [0.717, 1.165) is 67.8 Å². The summed E-state index contributed by atoms with van der Waals surface area (Å²) in [6, 6.07) is 16.1. The fourth-order valence-corrected chi connectivity index (χ4v) is 6.96. The van der Waals surface area contributed by atoms with E-state index in [1.807, 2.05) is 47.8 Å². The van der Waals surface area contributed by atoms with Crippen LogP contribution in [0, 0.1) is 0 Å². The molecule has 0 unspecified atom stereocenters. The fourth-order valence-electron chi connectivity index (χ4n) is 6.10. The van der Waals surface area contributed by atoms with Crippen molar-refractivity contribution >= 4 is 23.2 Å². The molecule has 1 aliphatic carbocycles. The van der Waals surface area contributed by atoms with Crippen LogP contribution in [-0.4, -0.2) is 46.8 Å². The molecular formula is C31H39N3O3S. The van der Waals surface area contributed by atoms with Crippen molar-refractivity contribution < 1.29 is 14.0 Å². The van der Waals surface area contributed by atoms with E-state index in [9.17, 15) is 9.59 Å². The predicted molar refractivity (Wildman–Crippen MR) is 151 cm³/mol. The Morgan fingerprint density at radius 2 is 1.97 bits per heavy atom. The number of thiophene rings is 1. The summed E-state index contributed by atoms with van der Waals surface area (Å²) in [6.45, 7) is 6.67. The predicted octanol–water partition coefficient (Wildman–Crippen LogP) is 6.37. The first-order valence-corrected chi connectivity index (χ1v) is 15.0. The smallest absolute Gasteiger partial charge is 0.254 e. The number of carbonyl (C=O) groups excluding carboxylic acids is 2. The van der Waals surface area contributed by atoms with E-state index < -0.39 is 5.92 Å². The number of hydrogen-bond acceptors (Lipinski definition) is 5. The number of furan rings is 1. The van der Waals surface area contributed by atoms with Gasteiger partial charge in [-0.3, -0.25) is 14.5 Å². The highest BCUT2D eigenvalue weighted by Gasteiger charge is 2.47. The van der Waals surface area contributed by atoms with Gasteiger partial charge in [-0.05, 0) is 67.8 Å². The van der Waals surface area contributed by atoms with E-state index in [1.165, 1.54) is 0 Å². The Kier molecular flexibility index (Phi) is 8.65. The number of nitrogens with one attached hydrogen (secondary N) is 1. The first-order chi connectivity index (χ1) is 18.6. The number of nitrogens with zero attached hydrogens (tertiary/aromatic N) is 2. The molecule has 1 aliphatic heterocycles. The first-order valence-electron chi connectivity index (χ1n) is 14.1. The second kappa shape index (κ2) is 12.3. The van der Waals surface area contributed by atoms with Gasteiger partial charge in [0.05, 0.1) is 24.8 Å². The lowest BCUT2D eigenvalue weighted by molar-refractivity contribution is -0.124. The molecule has 1 aromatic carbocycles. The molecule has 0 spiro atoms.